The molecule has 1 amide bonds. The monoisotopic (exact) mass is 413 g/mol. The highest BCUT2D eigenvalue weighted by molar-refractivity contribution is 6.06. The van der Waals surface area contributed by atoms with Gasteiger partial charge in [0.05, 0.1) is 23.1 Å². The predicted molar refractivity (Wildman–Crippen MR) is 121 cm³/mol. The first-order valence-electron chi connectivity index (χ1n) is 10.6. The van der Waals surface area contributed by atoms with Gasteiger partial charge in [-0.1, -0.05) is 25.1 Å². The molecule has 7 heteroatoms. The van der Waals surface area contributed by atoms with Crippen LogP contribution in [0.2, 0.25) is 0 Å². The molecule has 0 unspecified atom stereocenters. The number of para-hydroxylation sites is 1. The second-order valence-electron chi connectivity index (χ2n) is 7.38. The zero-order valence-corrected chi connectivity index (χ0v) is 17.7. The van der Waals surface area contributed by atoms with Gasteiger partial charge in [0, 0.05) is 54.6 Å². The van der Waals surface area contributed by atoms with Gasteiger partial charge in [-0.2, -0.15) is 0 Å². The van der Waals surface area contributed by atoms with Crippen molar-refractivity contribution < 1.29 is 6.17 Å². The summed E-state index contributed by atoms with van der Waals surface area (Å²) >= 11 is 0. The van der Waals surface area contributed by atoms with Gasteiger partial charge in [-0.15, -0.1) is 0 Å². The minimum absolute atomic E-state index is 0.0378. The Morgan fingerprint density at radius 1 is 1.23 bits per heavy atom. The average Bonchev–Trinajstić information content (AvgIpc) is 2.81. The molecule has 3 heterocycles. The number of pyridine rings is 2. The first kappa shape index (κ1) is 19.1. The van der Waals surface area contributed by atoms with Gasteiger partial charge in [-0.3, -0.25) is 19.8 Å². The van der Waals surface area contributed by atoms with Gasteiger partial charge in [0.2, 0.25) is 0 Å². The summed E-state index contributed by atoms with van der Waals surface area (Å²) in [5, 5.41) is 3.49. The van der Waals surface area contributed by atoms with E-state index in [2.05, 4.69) is 37.2 Å². The number of benzene rings is 1. The predicted octanol–water partition coefficient (Wildman–Crippen LogP) is 3.39. The lowest BCUT2D eigenvalue weighted by molar-refractivity contribution is 0.0964. The van der Waals surface area contributed by atoms with Crippen LogP contribution in [0.1, 0.15) is 35.8 Å². The van der Waals surface area contributed by atoms with Gasteiger partial charge in [-0.05, 0) is 30.7 Å². The Balaban J connectivity index is 1.67. The zero-order valence-electron chi connectivity index (χ0n) is 18.7. The van der Waals surface area contributed by atoms with Crippen LogP contribution >= 0.6 is 0 Å². The summed E-state index contributed by atoms with van der Waals surface area (Å²) in [6.45, 7) is 4.46. The number of hydrogen-bond donors (Lipinski definition) is 2. The molecule has 1 aromatic carbocycles. The number of aromatic amines is 1. The second-order valence-corrected chi connectivity index (χ2v) is 7.38. The molecule has 0 aliphatic carbocycles. The van der Waals surface area contributed by atoms with Crippen molar-refractivity contribution in [3.63, 3.8) is 0 Å². The van der Waals surface area contributed by atoms with Crippen LogP contribution in [-0.2, 0) is 0 Å². The van der Waals surface area contributed by atoms with Crippen molar-refractivity contribution in [2.24, 2.45) is 4.99 Å². The quantitative estimate of drug-likeness (QED) is 0.524. The molecule has 0 radical (unpaired) electrons. The number of fused-ring (bicyclic) bond motifs is 1. The minimum atomic E-state index is -0.141. The fourth-order valence-corrected chi connectivity index (χ4v) is 3.46. The first-order chi connectivity index (χ1) is 15.5. The number of H-pyrrole nitrogens is 1. The van der Waals surface area contributed by atoms with Crippen molar-refractivity contribution in [3.05, 3.63) is 83.5 Å². The van der Waals surface area contributed by atoms with Crippen LogP contribution in [0, 0.1) is 6.92 Å². The van der Waals surface area contributed by atoms with Crippen molar-refractivity contribution >= 4 is 16.8 Å². The summed E-state index contributed by atoms with van der Waals surface area (Å²) in [4.78, 5) is 32.9. The van der Waals surface area contributed by atoms with Crippen LogP contribution in [0.25, 0.3) is 22.2 Å². The molecule has 0 bridgehead atoms. The van der Waals surface area contributed by atoms with E-state index in [1.807, 2.05) is 43.3 Å². The molecular formula is C24H24N6O. The number of amides is 1. The maximum absolute atomic E-state index is 12.2. The fraction of sp³-hybridized carbons (Fsp3) is 0.208. The first-order valence-corrected chi connectivity index (χ1v) is 10.1. The number of aryl methyl sites for hydroxylation is 1. The Morgan fingerprint density at radius 2 is 2.10 bits per heavy atom. The summed E-state index contributed by atoms with van der Waals surface area (Å²) in [6, 6.07) is 13.3. The molecule has 0 aliphatic rings. The highest BCUT2D eigenvalue weighted by Crippen LogP contribution is 2.26. The van der Waals surface area contributed by atoms with Crippen LogP contribution in [-0.4, -0.2) is 39.4 Å². The SMILES string of the molecule is [2H]c1nc(=NC[C@@H](C)c2cccc3c(C(=O)NC)ccnc23)cc(-c2ccc(C)nc2)[nH]1. The molecule has 2 N–H and O–H groups in total. The van der Waals surface area contributed by atoms with Gasteiger partial charge < -0.3 is 10.3 Å². The van der Waals surface area contributed by atoms with Crippen LogP contribution in [0.5, 0.6) is 0 Å². The lowest BCUT2D eigenvalue weighted by Crippen LogP contribution is -2.18. The molecular weight excluding hydrogens is 388 g/mol. The van der Waals surface area contributed by atoms with E-state index in [1.165, 1.54) is 0 Å². The van der Waals surface area contributed by atoms with Crippen LogP contribution in [0.4, 0.5) is 0 Å². The Kier molecular flexibility index (Phi) is 5.47. The van der Waals surface area contributed by atoms with E-state index in [0.717, 1.165) is 33.4 Å². The number of carbonyl (C=O) groups excluding carboxylic acids is 1. The van der Waals surface area contributed by atoms with Gasteiger partial charge in [-0.25, -0.2) is 4.98 Å². The number of rotatable bonds is 5. The van der Waals surface area contributed by atoms with Crippen molar-refractivity contribution in [1.82, 2.24) is 25.3 Å². The Morgan fingerprint density at radius 3 is 2.87 bits per heavy atom. The van der Waals surface area contributed by atoms with E-state index in [-0.39, 0.29) is 18.1 Å². The highest BCUT2D eigenvalue weighted by atomic mass is 16.1. The molecule has 4 rings (SSSR count). The van der Waals surface area contributed by atoms with Crippen molar-refractivity contribution in [2.75, 3.05) is 13.6 Å². The van der Waals surface area contributed by atoms with E-state index in [4.69, 9.17) is 1.37 Å². The molecule has 0 saturated heterocycles. The number of hydrogen-bond acceptors (Lipinski definition) is 5. The van der Waals surface area contributed by atoms with E-state index in [0.29, 0.717) is 17.6 Å². The molecule has 3 aromatic heterocycles. The lowest BCUT2D eigenvalue weighted by Gasteiger charge is -2.13. The maximum Gasteiger partial charge on any atom is 0.251 e. The average molecular weight is 414 g/mol. The summed E-state index contributed by atoms with van der Waals surface area (Å²) in [5.41, 5.74) is 5.42. The number of carbonyl (C=O) groups is 1. The second kappa shape index (κ2) is 8.87. The van der Waals surface area contributed by atoms with E-state index < -0.39 is 0 Å². The molecule has 1 atom stereocenters. The number of nitrogens with zero attached hydrogens (tertiary/aromatic N) is 4. The van der Waals surface area contributed by atoms with Gasteiger partial charge in [0.1, 0.15) is 1.37 Å². The zero-order chi connectivity index (χ0) is 22.7. The molecule has 156 valence electrons. The standard InChI is InChI=1S/C24H24N6O/c1-15(18-5-4-6-19-20(24(31)25-3)9-10-26-23(18)19)12-28-22-11-21(29-14-30-22)17-8-7-16(2)27-13-17/h4-11,13-15H,12H2,1-3H3,(H,25,31)(H,28,29,30)/t15-/m1/s1/i14D. The molecule has 4 aromatic rings. The lowest BCUT2D eigenvalue weighted by atomic mass is 9.96. The summed E-state index contributed by atoms with van der Waals surface area (Å²) in [6.07, 6.45) is 3.46. The summed E-state index contributed by atoms with van der Waals surface area (Å²) in [7, 11) is 1.62. The normalized spacial score (nSPS) is 13.1. The third kappa shape index (κ3) is 4.35. The molecule has 0 aliphatic heterocycles. The fourth-order valence-electron chi connectivity index (χ4n) is 3.46. The molecule has 0 spiro atoms. The van der Waals surface area contributed by atoms with Gasteiger partial charge >= 0.3 is 0 Å². The van der Waals surface area contributed by atoms with Crippen molar-refractivity contribution in [1.29, 1.82) is 0 Å². The number of aromatic nitrogens is 4. The van der Waals surface area contributed by atoms with Crippen molar-refractivity contribution in [2.45, 2.75) is 19.8 Å². The molecule has 7 nitrogen and oxygen atoms in total. The van der Waals surface area contributed by atoms with E-state index in [1.54, 1.807) is 25.5 Å². The van der Waals surface area contributed by atoms with E-state index in [9.17, 15) is 4.79 Å². The van der Waals surface area contributed by atoms with Crippen molar-refractivity contribution in [3.8, 4) is 11.3 Å². The highest BCUT2D eigenvalue weighted by Gasteiger charge is 2.14. The minimum Gasteiger partial charge on any atom is -0.355 e. The maximum atomic E-state index is 12.2. The van der Waals surface area contributed by atoms with Gasteiger partial charge in [0.25, 0.3) is 5.91 Å². The van der Waals surface area contributed by atoms with Crippen LogP contribution in [0.15, 0.2) is 66.2 Å². The van der Waals surface area contributed by atoms with Crippen LogP contribution in [0.3, 0.4) is 0 Å². The summed E-state index contributed by atoms with van der Waals surface area (Å²) < 4.78 is 8.01. The Labute approximate surface area is 181 Å². The molecule has 0 saturated carbocycles. The molecule has 31 heavy (non-hydrogen) atoms. The Bertz CT molecular complexity index is 1350. The number of nitrogens with one attached hydrogen (secondary N) is 2. The smallest absolute Gasteiger partial charge is 0.251 e. The summed E-state index contributed by atoms with van der Waals surface area (Å²) in [5.74, 6) is -0.103. The largest absolute Gasteiger partial charge is 0.355 e. The van der Waals surface area contributed by atoms with Crippen LogP contribution < -0.4 is 10.8 Å². The van der Waals surface area contributed by atoms with Gasteiger partial charge in [0.15, 0.2) is 5.49 Å². The topological polar surface area (TPSA) is 95.9 Å². The van der Waals surface area contributed by atoms with E-state index >= 15 is 0 Å². The molecule has 0 fully saturated rings. The third-order valence-corrected chi connectivity index (χ3v) is 5.19. The Hall–Kier alpha value is -3.87. The third-order valence-electron chi connectivity index (χ3n) is 5.19.